The maximum absolute atomic E-state index is 12.6. The van der Waals surface area contributed by atoms with Gasteiger partial charge in [-0.2, -0.15) is 5.10 Å². The second kappa shape index (κ2) is 7.05. The molecule has 8 heteroatoms. The molecule has 2 heterocycles. The van der Waals surface area contributed by atoms with Gasteiger partial charge in [0.25, 0.3) is 11.8 Å². The van der Waals surface area contributed by atoms with Crippen molar-refractivity contribution in [3.05, 3.63) is 64.2 Å². The van der Waals surface area contributed by atoms with Crippen molar-refractivity contribution in [2.24, 2.45) is 0 Å². The highest BCUT2D eigenvalue weighted by atomic mass is 32.1. The third-order valence-corrected chi connectivity index (χ3v) is 4.19. The second-order valence-electron chi connectivity index (χ2n) is 5.02. The largest absolute Gasteiger partial charge is 0.336 e. The summed E-state index contributed by atoms with van der Waals surface area (Å²) in [4.78, 5) is 29.5. The summed E-state index contributed by atoms with van der Waals surface area (Å²) in [5.41, 5.74) is 0.684. The third-order valence-electron chi connectivity index (χ3n) is 3.27. The number of thiazole rings is 1. The van der Waals surface area contributed by atoms with E-state index in [-0.39, 0.29) is 11.8 Å². The zero-order valence-corrected chi connectivity index (χ0v) is 13.6. The lowest BCUT2D eigenvalue weighted by atomic mass is 10.1. The number of rotatable bonds is 5. The molecule has 3 N–H and O–H groups in total. The van der Waals surface area contributed by atoms with Crippen molar-refractivity contribution in [1.82, 2.24) is 20.5 Å². The van der Waals surface area contributed by atoms with E-state index < -0.39 is 6.04 Å². The number of aromatic amines is 1. The number of aryl methyl sites for hydroxylation is 1. The van der Waals surface area contributed by atoms with Gasteiger partial charge in [0.2, 0.25) is 0 Å². The van der Waals surface area contributed by atoms with Crippen molar-refractivity contribution >= 4 is 29.0 Å². The van der Waals surface area contributed by atoms with Gasteiger partial charge in [0.1, 0.15) is 16.7 Å². The number of aromatic nitrogens is 3. The first-order valence-corrected chi connectivity index (χ1v) is 8.03. The summed E-state index contributed by atoms with van der Waals surface area (Å²) >= 11 is 1.28. The summed E-state index contributed by atoms with van der Waals surface area (Å²) in [6, 6.07) is 9.86. The van der Waals surface area contributed by atoms with Crippen LogP contribution in [-0.2, 0) is 4.79 Å². The van der Waals surface area contributed by atoms with Gasteiger partial charge in [0.05, 0.1) is 17.4 Å². The van der Waals surface area contributed by atoms with E-state index in [4.69, 9.17) is 0 Å². The van der Waals surface area contributed by atoms with Crippen LogP contribution < -0.4 is 10.6 Å². The van der Waals surface area contributed by atoms with Gasteiger partial charge in [-0.05, 0) is 12.5 Å². The van der Waals surface area contributed by atoms with Crippen molar-refractivity contribution in [2.75, 3.05) is 5.32 Å². The molecule has 0 aliphatic rings. The van der Waals surface area contributed by atoms with E-state index in [2.05, 4.69) is 25.8 Å². The molecule has 0 bridgehead atoms. The molecule has 0 saturated carbocycles. The maximum Gasteiger partial charge on any atom is 0.263 e. The number of H-pyrrole nitrogens is 1. The molecule has 0 aliphatic carbocycles. The minimum absolute atomic E-state index is 0.339. The van der Waals surface area contributed by atoms with E-state index in [1.165, 1.54) is 23.7 Å². The Kier molecular flexibility index (Phi) is 4.66. The van der Waals surface area contributed by atoms with Crippen LogP contribution in [-0.4, -0.2) is 27.0 Å². The van der Waals surface area contributed by atoms with Crippen molar-refractivity contribution in [1.29, 1.82) is 0 Å². The topological polar surface area (TPSA) is 99.8 Å². The van der Waals surface area contributed by atoms with Crippen molar-refractivity contribution < 1.29 is 9.59 Å². The summed E-state index contributed by atoms with van der Waals surface area (Å²) in [7, 11) is 0. The third kappa shape index (κ3) is 3.66. The lowest BCUT2D eigenvalue weighted by Gasteiger charge is -2.18. The predicted molar refractivity (Wildman–Crippen MR) is 90.7 cm³/mol. The van der Waals surface area contributed by atoms with E-state index in [1.807, 2.05) is 25.1 Å². The van der Waals surface area contributed by atoms with Crippen LogP contribution in [0.1, 0.15) is 26.3 Å². The standard InChI is InChI=1S/C16H15N5O2S/c1-10-17-9-12(24-10)15(22)20-14(11-5-3-2-4-6-11)16(23)19-13-7-8-18-21-13/h2-9,14H,1H3,(H,20,22)(H2,18,19,21,23). The molecule has 0 spiro atoms. The Balaban J connectivity index is 1.82. The first-order valence-electron chi connectivity index (χ1n) is 7.22. The van der Waals surface area contributed by atoms with Crippen LogP contribution in [0.2, 0.25) is 0 Å². The van der Waals surface area contributed by atoms with Gasteiger partial charge in [-0.15, -0.1) is 11.3 Å². The Bertz CT molecular complexity index is 829. The Morgan fingerprint density at radius 2 is 2.00 bits per heavy atom. The molecule has 0 fully saturated rings. The van der Waals surface area contributed by atoms with Crippen LogP contribution in [0.5, 0.6) is 0 Å². The molecule has 24 heavy (non-hydrogen) atoms. The van der Waals surface area contributed by atoms with Gasteiger partial charge >= 0.3 is 0 Å². The van der Waals surface area contributed by atoms with Crippen molar-refractivity contribution in [3.63, 3.8) is 0 Å². The minimum Gasteiger partial charge on any atom is -0.336 e. The zero-order chi connectivity index (χ0) is 16.9. The number of hydrogen-bond donors (Lipinski definition) is 3. The molecular formula is C16H15N5O2S. The Hall–Kier alpha value is -3.00. The molecular weight excluding hydrogens is 326 g/mol. The highest BCUT2D eigenvalue weighted by Crippen LogP contribution is 2.18. The van der Waals surface area contributed by atoms with Crippen LogP contribution in [0.4, 0.5) is 5.82 Å². The fourth-order valence-corrected chi connectivity index (χ4v) is 2.83. The van der Waals surface area contributed by atoms with Crippen LogP contribution in [0.3, 0.4) is 0 Å². The SMILES string of the molecule is Cc1ncc(C(=O)NC(C(=O)Nc2ccn[nH]2)c2ccccc2)s1. The van der Waals surface area contributed by atoms with Gasteiger partial charge in [-0.3, -0.25) is 14.7 Å². The highest BCUT2D eigenvalue weighted by molar-refractivity contribution is 7.13. The van der Waals surface area contributed by atoms with E-state index in [9.17, 15) is 9.59 Å². The number of nitrogens with one attached hydrogen (secondary N) is 3. The predicted octanol–water partition coefficient (Wildman–Crippen LogP) is 2.28. The highest BCUT2D eigenvalue weighted by Gasteiger charge is 2.24. The minimum atomic E-state index is -0.829. The average molecular weight is 341 g/mol. The quantitative estimate of drug-likeness (QED) is 0.663. The summed E-state index contributed by atoms with van der Waals surface area (Å²) in [6.07, 6.45) is 3.04. The molecule has 0 radical (unpaired) electrons. The summed E-state index contributed by atoms with van der Waals surface area (Å²) in [6.45, 7) is 1.82. The molecule has 1 aromatic carbocycles. The number of carbonyl (C=O) groups is 2. The summed E-state index contributed by atoms with van der Waals surface area (Å²) in [5, 5.41) is 12.7. The van der Waals surface area contributed by atoms with Crippen molar-refractivity contribution in [2.45, 2.75) is 13.0 Å². The zero-order valence-electron chi connectivity index (χ0n) is 12.8. The van der Waals surface area contributed by atoms with Gasteiger partial charge in [0, 0.05) is 6.07 Å². The molecule has 3 aromatic rings. The molecule has 122 valence electrons. The molecule has 7 nitrogen and oxygen atoms in total. The smallest absolute Gasteiger partial charge is 0.263 e. The molecule has 2 aromatic heterocycles. The van der Waals surface area contributed by atoms with Gasteiger partial charge in [-0.25, -0.2) is 4.98 Å². The van der Waals surface area contributed by atoms with Gasteiger partial charge < -0.3 is 10.6 Å². The molecule has 0 saturated heterocycles. The Labute approximate surface area is 142 Å². The van der Waals surface area contributed by atoms with E-state index in [0.717, 1.165) is 5.01 Å². The van der Waals surface area contributed by atoms with Crippen LogP contribution in [0.15, 0.2) is 48.8 Å². The van der Waals surface area contributed by atoms with Crippen LogP contribution in [0, 0.1) is 6.92 Å². The summed E-state index contributed by atoms with van der Waals surface area (Å²) in [5.74, 6) is -0.238. The van der Waals surface area contributed by atoms with E-state index in [1.54, 1.807) is 18.2 Å². The first kappa shape index (κ1) is 15.9. The number of anilines is 1. The second-order valence-corrected chi connectivity index (χ2v) is 6.26. The van der Waals surface area contributed by atoms with Gasteiger partial charge in [0.15, 0.2) is 0 Å². The molecule has 1 atom stereocenters. The van der Waals surface area contributed by atoms with Crippen LogP contribution in [0.25, 0.3) is 0 Å². The van der Waals surface area contributed by atoms with E-state index >= 15 is 0 Å². The lowest BCUT2D eigenvalue weighted by Crippen LogP contribution is -2.36. The van der Waals surface area contributed by atoms with Gasteiger partial charge in [-0.1, -0.05) is 30.3 Å². The molecule has 3 rings (SSSR count). The first-order chi connectivity index (χ1) is 11.6. The van der Waals surface area contributed by atoms with Crippen molar-refractivity contribution in [3.8, 4) is 0 Å². The molecule has 0 aliphatic heterocycles. The normalized spacial score (nSPS) is 11.7. The fraction of sp³-hybridized carbons (Fsp3) is 0.125. The monoisotopic (exact) mass is 341 g/mol. The number of nitrogens with zero attached hydrogens (tertiary/aromatic N) is 2. The molecule has 2 amide bonds. The molecule has 1 unspecified atom stereocenters. The number of benzene rings is 1. The number of carbonyl (C=O) groups excluding carboxylic acids is 2. The summed E-state index contributed by atoms with van der Waals surface area (Å²) < 4.78 is 0. The maximum atomic E-state index is 12.6. The number of hydrogen-bond acceptors (Lipinski definition) is 5. The lowest BCUT2D eigenvalue weighted by molar-refractivity contribution is -0.118. The van der Waals surface area contributed by atoms with E-state index in [0.29, 0.717) is 16.3 Å². The van der Waals surface area contributed by atoms with Crippen LogP contribution >= 0.6 is 11.3 Å². The Morgan fingerprint density at radius 3 is 2.62 bits per heavy atom. The fourth-order valence-electron chi connectivity index (χ4n) is 2.14. The Morgan fingerprint density at radius 1 is 1.21 bits per heavy atom. The number of amides is 2. The average Bonchev–Trinajstić information content (AvgIpc) is 3.24.